The van der Waals surface area contributed by atoms with Gasteiger partial charge in [0, 0.05) is 12.6 Å². The van der Waals surface area contributed by atoms with E-state index in [-0.39, 0.29) is 5.91 Å². The van der Waals surface area contributed by atoms with Gasteiger partial charge in [0.05, 0.1) is 7.11 Å². The third kappa shape index (κ3) is 2.97. The number of thiocarbonyl (C=S) groups is 1. The molecule has 0 bridgehead atoms. The molecule has 2 rings (SSSR count). The number of methoxy groups -OCH3 is 1. The lowest BCUT2D eigenvalue weighted by atomic mass is 10.2. The van der Waals surface area contributed by atoms with Crippen molar-refractivity contribution < 1.29 is 18.7 Å². The van der Waals surface area contributed by atoms with Gasteiger partial charge in [-0.15, -0.1) is 0 Å². The Morgan fingerprint density at radius 2 is 2.29 bits per heavy atom. The van der Waals surface area contributed by atoms with E-state index in [0.29, 0.717) is 34.4 Å². The Kier molecular flexibility index (Phi) is 4.42. The van der Waals surface area contributed by atoms with Crippen molar-refractivity contribution in [2.75, 3.05) is 13.7 Å². The summed E-state index contributed by atoms with van der Waals surface area (Å²) in [6.07, 6.45) is 2.34. The summed E-state index contributed by atoms with van der Waals surface area (Å²) in [5.41, 5.74) is 0.668. The first-order valence-electron chi connectivity index (χ1n) is 6.51. The van der Waals surface area contributed by atoms with Crippen LogP contribution in [0.2, 0.25) is 0 Å². The molecule has 1 amide bonds. The van der Waals surface area contributed by atoms with Crippen molar-refractivity contribution in [3.05, 3.63) is 28.8 Å². The van der Waals surface area contributed by atoms with Crippen molar-refractivity contribution in [1.29, 1.82) is 0 Å². The zero-order chi connectivity index (χ0) is 15.6. The molecule has 1 aliphatic heterocycles. The number of amides is 1. The number of rotatable bonds is 4. The summed E-state index contributed by atoms with van der Waals surface area (Å²) in [7, 11) is 1.30. The number of esters is 1. The number of ether oxygens (including phenoxy) is 1. The zero-order valence-corrected chi connectivity index (χ0v) is 12.9. The Balaban J connectivity index is 2.27. The summed E-state index contributed by atoms with van der Waals surface area (Å²) in [5.74, 6) is 0.155. The van der Waals surface area contributed by atoms with Crippen LogP contribution in [-0.4, -0.2) is 35.5 Å². The molecule has 1 saturated heterocycles. The lowest BCUT2D eigenvalue weighted by Crippen LogP contribution is -2.31. The molecule has 1 aliphatic rings. The highest BCUT2D eigenvalue weighted by atomic mass is 32.1. The third-order valence-corrected chi connectivity index (χ3v) is 3.36. The fraction of sp³-hybridized carbons (Fsp3) is 0.357. The topological polar surface area (TPSA) is 71.8 Å². The molecular formula is C14H16N2O4S. The Hall–Kier alpha value is -2.15. The summed E-state index contributed by atoms with van der Waals surface area (Å²) >= 11 is 5.12. The van der Waals surface area contributed by atoms with E-state index in [1.54, 1.807) is 6.92 Å². The average molecular weight is 308 g/mol. The van der Waals surface area contributed by atoms with Crippen LogP contribution < -0.4 is 5.32 Å². The quantitative estimate of drug-likeness (QED) is 0.520. The Morgan fingerprint density at radius 3 is 2.90 bits per heavy atom. The minimum absolute atomic E-state index is 0.199. The van der Waals surface area contributed by atoms with Crippen molar-refractivity contribution in [3.63, 3.8) is 0 Å². The minimum Gasteiger partial charge on any atom is -0.465 e. The van der Waals surface area contributed by atoms with E-state index in [1.807, 2.05) is 6.92 Å². The van der Waals surface area contributed by atoms with Gasteiger partial charge in [0.25, 0.3) is 5.91 Å². The van der Waals surface area contributed by atoms with Crippen molar-refractivity contribution in [3.8, 4) is 0 Å². The molecule has 1 fully saturated rings. The van der Waals surface area contributed by atoms with E-state index in [9.17, 15) is 9.59 Å². The van der Waals surface area contributed by atoms with Crippen LogP contribution in [0.5, 0.6) is 0 Å². The van der Waals surface area contributed by atoms with Gasteiger partial charge in [0.2, 0.25) is 0 Å². The van der Waals surface area contributed by atoms with Crippen LogP contribution in [0.1, 0.15) is 35.2 Å². The van der Waals surface area contributed by atoms with Crippen molar-refractivity contribution >= 4 is 35.3 Å². The fourth-order valence-corrected chi connectivity index (χ4v) is 2.31. The molecule has 0 aromatic carbocycles. The molecule has 1 N–H and O–H groups in total. The van der Waals surface area contributed by atoms with E-state index in [0.717, 1.165) is 6.42 Å². The lowest BCUT2D eigenvalue weighted by Gasteiger charge is -2.11. The molecule has 0 spiro atoms. The number of nitrogens with zero attached hydrogens (tertiary/aromatic N) is 1. The largest absolute Gasteiger partial charge is 0.465 e. The maximum Gasteiger partial charge on any atom is 0.341 e. The van der Waals surface area contributed by atoms with Gasteiger partial charge in [0.15, 0.2) is 5.11 Å². The standard InChI is InChI=1S/C14H16N2O4S/c1-4-5-16-12(17)11(15-14(16)21)7-9-6-10(8(2)20-9)13(18)19-3/h6-7H,4-5H2,1-3H3,(H,15,21). The molecule has 0 unspecified atom stereocenters. The summed E-state index contributed by atoms with van der Waals surface area (Å²) in [6, 6.07) is 1.54. The van der Waals surface area contributed by atoms with Gasteiger partial charge in [-0.05, 0) is 31.6 Å². The van der Waals surface area contributed by atoms with Gasteiger partial charge in [-0.2, -0.15) is 0 Å². The average Bonchev–Trinajstić information content (AvgIpc) is 2.94. The van der Waals surface area contributed by atoms with Gasteiger partial charge < -0.3 is 14.5 Å². The molecule has 0 atom stereocenters. The van der Waals surface area contributed by atoms with Gasteiger partial charge in [-0.1, -0.05) is 6.92 Å². The zero-order valence-electron chi connectivity index (χ0n) is 12.1. The third-order valence-electron chi connectivity index (χ3n) is 3.04. The monoisotopic (exact) mass is 308 g/mol. The van der Waals surface area contributed by atoms with Gasteiger partial charge >= 0.3 is 5.97 Å². The molecular weight excluding hydrogens is 292 g/mol. The van der Waals surface area contributed by atoms with Crippen molar-refractivity contribution in [1.82, 2.24) is 10.2 Å². The second-order valence-electron chi connectivity index (χ2n) is 4.56. The molecule has 7 heteroatoms. The van der Waals surface area contributed by atoms with E-state index < -0.39 is 5.97 Å². The molecule has 2 heterocycles. The first kappa shape index (κ1) is 15.2. The summed E-state index contributed by atoms with van der Waals surface area (Å²) < 4.78 is 10.1. The van der Waals surface area contributed by atoms with Crippen LogP contribution in [0.25, 0.3) is 6.08 Å². The summed E-state index contributed by atoms with van der Waals surface area (Å²) in [6.45, 7) is 4.19. The highest BCUT2D eigenvalue weighted by Gasteiger charge is 2.30. The number of carbonyl (C=O) groups excluding carboxylic acids is 2. The highest BCUT2D eigenvalue weighted by Crippen LogP contribution is 2.20. The Labute approximate surface area is 127 Å². The number of hydrogen-bond acceptors (Lipinski definition) is 5. The molecule has 1 aromatic rings. The van der Waals surface area contributed by atoms with E-state index >= 15 is 0 Å². The van der Waals surface area contributed by atoms with Crippen LogP contribution in [0, 0.1) is 6.92 Å². The van der Waals surface area contributed by atoms with Gasteiger partial charge in [-0.25, -0.2) is 4.79 Å². The van der Waals surface area contributed by atoms with E-state index in [4.69, 9.17) is 16.6 Å². The first-order valence-corrected chi connectivity index (χ1v) is 6.92. The van der Waals surface area contributed by atoms with Gasteiger partial charge in [0.1, 0.15) is 22.8 Å². The number of carbonyl (C=O) groups is 2. The molecule has 0 aliphatic carbocycles. The molecule has 0 radical (unpaired) electrons. The molecule has 0 saturated carbocycles. The van der Waals surface area contributed by atoms with Crippen LogP contribution in [0.15, 0.2) is 16.2 Å². The second kappa shape index (κ2) is 6.09. The van der Waals surface area contributed by atoms with Crippen molar-refractivity contribution in [2.24, 2.45) is 0 Å². The van der Waals surface area contributed by atoms with Crippen LogP contribution >= 0.6 is 12.2 Å². The summed E-state index contributed by atoms with van der Waals surface area (Å²) in [5, 5.41) is 3.23. The SMILES string of the molecule is CCCN1C(=O)C(=Cc2cc(C(=O)OC)c(C)o2)NC1=S. The summed E-state index contributed by atoms with van der Waals surface area (Å²) in [4.78, 5) is 25.2. The maximum atomic E-state index is 12.2. The van der Waals surface area contributed by atoms with Crippen LogP contribution in [0.3, 0.4) is 0 Å². The Bertz CT molecular complexity index is 633. The fourth-order valence-electron chi connectivity index (χ4n) is 2.03. The predicted molar refractivity (Wildman–Crippen MR) is 80.5 cm³/mol. The first-order chi connectivity index (χ1) is 9.97. The molecule has 112 valence electrons. The molecule has 1 aromatic heterocycles. The highest BCUT2D eigenvalue weighted by molar-refractivity contribution is 7.80. The lowest BCUT2D eigenvalue weighted by molar-refractivity contribution is -0.122. The number of hydrogen-bond donors (Lipinski definition) is 1. The number of aryl methyl sites for hydroxylation is 1. The Morgan fingerprint density at radius 1 is 1.57 bits per heavy atom. The number of nitrogens with one attached hydrogen (secondary N) is 1. The van der Waals surface area contributed by atoms with E-state index in [2.05, 4.69) is 10.1 Å². The van der Waals surface area contributed by atoms with E-state index in [1.165, 1.54) is 24.2 Å². The van der Waals surface area contributed by atoms with Gasteiger partial charge in [-0.3, -0.25) is 9.69 Å². The smallest absolute Gasteiger partial charge is 0.341 e. The normalized spacial score (nSPS) is 16.5. The maximum absolute atomic E-state index is 12.2. The van der Waals surface area contributed by atoms with Crippen LogP contribution in [-0.2, 0) is 9.53 Å². The van der Waals surface area contributed by atoms with Crippen molar-refractivity contribution in [2.45, 2.75) is 20.3 Å². The minimum atomic E-state index is -0.477. The molecule has 21 heavy (non-hydrogen) atoms. The predicted octanol–water partition coefficient (Wildman–Crippen LogP) is 1.84. The molecule has 6 nitrogen and oxygen atoms in total. The number of furan rings is 1. The van der Waals surface area contributed by atoms with Crippen LogP contribution in [0.4, 0.5) is 0 Å². The second-order valence-corrected chi connectivity index (χ2v) is 4.94.